The molecule has 0 fully saturated rings. The number of benzene rings is 2. The molecule has 0 aromatic heterocycles. The van der Waals surface area contributed by atoms with E-state index < -0.39 is 0 Å². The van der Waals surface area contributed by atoms with Crippen LogP contribution in [0.5, 0.6) is 0 Å². The maximum Gasteiger partial charge on any atom is 0.222 e. The highest BCUT2D eigenvalue weighted by molar-refractivity contribution is 6.30. The molecule has 2 aromatic carbocycles. The fourth-order valence-corrected chi connectivity index (χ4v) is 2.63. The van der Waals surface area contributed by atoms with Crippen molar-refractivity contribution in [2.45, 2.75) is 32.4 Å². The van der Waals surface area contributed by atoms with Gasteiger partial charge < -0.3 is 10.6 Å². The Labute approximate surface area is 147 Å². The molecule has 2 rings (SSSR count). The summed E-state index contributed by atoms with van der Waals surface area (Å²) >= 11 is 5.88. The van der Waals surface area contributed by atoms with Crippen molar-refractivity contribution in [2.24, 2.45) is 0 Å². The summed E-state index contributed by atoms with van der Waals surface area (Å²) in [5.74, 6) is -0.289. The van der Waals surface area contributed by atoms with Crippen LogP contribution in [0.15, 0.2) is 54.6 Å². The molecule has 0 saturated carbocycles. The number of nitrogens with one attached hydrogen (secondary N) is 2. The fraction of sp³-hybridized carbons (Fsp3) is 0.263. The van der Waals surface area contributed by atoms with Crippen LogP contribution in [0.2, 0.25) is 5.02 Å². The van der Waals surface area contributed by atoms with Gasteiger partial charge in [-0.15, -0.1) is 0 Å². The Balaban J connectivity index is 2.02. The van der Waals surface area contributed by atoms with E-state index in [1.54, 1.807) is 12.1 Å². The highest BCUT2D eigenvalue weighted by Gasteiger charge is 2.18. The highest BCUT2D eigenvalue weighted by atomic mass is 35.5. The van der Waals surface area contributed by atoms with Gasteiger partial charge in [-0.05, 0) is 30.2 Å². The average Bonchev–Trinajstić information content (AvgIpc) is 2.55. The van der Waals surface area contributed by atoms with Crippen molar-refractivity contribution in [1.29, 1.82) is 0 Å². The molecule has 0 aliphatic heterocycles. The Morgan fingerprint density at radius 2 is 1.58 bits per heavy atom. The minimum Gasteiger partial charge on any atom is -0.350 e. The summed E-state index contributed by atoms with van der Waals surface area (Å²) in [6.45, 7) is 3.36. The predicted molar refractivity (Wildman–Crippen MR) is 95.6 cm³/mol. The molecule has 2 aromatic rings. The summed E-state index contributed by atoms with van der Waals surface area (Å²) < 4.78 is 0. The molecular formula is C19H21ClN2O2. The lowest BCUT2D eigenvalue weighted by Gasteiger charge is -2.20. The van der Waals surface area contributed by atoms with Gasteiger partial charge in [0.15, 0.2) is 0 Å². The Morgan fingerprint density at radius 1 is 0.958 bits per heavy atom. The van der Waals surface area contributed by atoms with E-state index in [0.717, 1.165) is 11.1 Å². The molecule has 0 aliphatic carbocycles. The predicted octanol–water partition coefficient (Wildman–Crippen LogP) is 3.78. The topological polar surface area (TPSA) is 58.2 Å². The summed E-state index contributed by atoms with van der Waals surface area (Å²) in [6, 6.07) is 16.4. The van der Waals surface area contributed by atoms with Crippen LogP contribution in [0.1, 0.15) is 43.5 Å². The molecule has 0 bridgehead atoms. The molecule has 0 saturated heterocycles. The van der Waals surface area contributed by atoms with Gasteiger partial charge in [0.25, 0.3) is 0 Å². The van der Waals surface area contributed by atoms with Gasteiger partial charge >= 0.3 is 0 Å². The standard InChI is InChI=1S/C19H21ClN2O2/c1-13(15-8-10-17(20)11-9-15)21-19(24)12-18(22-14(2)23)16-6-4-3-5-7-16/h3-11,13,18H,12H2,1-2H3,(H,21,24)(H,22,23). The molecule has 4 nitrogen and oxygen atoms in total. The lowest BCUT2D eigenvalue weighted by atomic mass is 10.0. The summed E-state index contributed by atoms with van der Waals surface area (Å²) in [5.41, 5.74) is 1.88. The number of amides is 2. The second-order valence-corrected chi connectivity index (χ2v) is 6.15. The fourth-order valence-electron chi connectivity index (χ4n) is 2.50. The third kappa shape index (κ3) is 5.39. The Morgan fingerprint density at radius 3 is 2.17 bits per heavy atom. The van der Waals surface area contributed by atoms with Crippen LogP contribution >= 0.6 is 11.6 Å². The number of rotatable bonds is 6. The van der Waals surface area contributed by atoms with Gasteiger partial charge in [0.1, 0.15) is 0 Å². The van der Waals surface area contributed by atoms with Crippen molar-refractivity contribution in [3.63, 3.8) is 0 Å². The van der Waals surface area contributed by atoms with Crippen molar-refractivity contribution in [1.82, 2.24) is 10.6 Å². The minimum absolute atomic E-state index is 0.125. The lowest BCUT2D eigenvalue weighted by Crippen LogP contribution is -2.33. The van der Waals surface area contributed by atoms with E-state index in [1.165, 1.54) is 6.92 Å². The van der Waals surface area contributed by atoms with Crippen molar-refractivity contribution in [2.75, 3.05) is 0 Å². The van der Waals surface area contributed by atoms with Gasteiger partial charge in [-0.25, -0.2) is 0 Å². The van der Waals surface area contributed by atoms with E-state index in [9.17, 15) is 9.59 Å². The molecule has 0 spiro atoms. The van der Waals surface area contributed by atoms with E-state index in [0.29, 0.717) is 5.02 Å². The third-order valence-electron chi connectivity index (χ3n) is 3.72. The molecule has 2 atom stereocenters. The Bertz CT molecular complexity index is 686. The lowest BCUT2D eigenvalue weighted by molar-refractivity contribution is -0.123. The first-order valence-corrected chi connectivity index (χ1v) is 8.20. The van der Waals surface area contributed by atoms with Gasteiger partial charge in [0.05, 0.1) is 18.5 Å². The maximum atomic E-state index is 12.4. The minimum atomic E-state index is -0.346. The number of halogens is 1. The average molecular weight is 345 g/mol. The van der Waals surface area contributed by atoms with Crippen LogP contribution in [-0.4, -0.2) is 11.8 Å². The summed E-state index contributed by atoms with van der Waals surface area (Å²) in [7, 11) is 0. The first kappa shape index (κ1) is 18.0. The van der Waals surface area contributed by atoms with Gasteiger partial charge in [-0.2, -0.15) is 0 Å². The molecule has 2 unspecified atom stereocenters. The smallest absolute Gasteiger partial charge is 0.222 e. The zero-order chi connectivity index (χ0) is 17.5. The Hall–Kier alpha value is -2.33. The molecule has 126 valence electrons. The van der Waals surface area contributed by atoms with Crippen LogP contribution in [0.3, 0.4) is 0 Å². The molecule has 24 heavy (non-hydrogen) atoms. The van der Waals surface area contributed by atoms with Gasteiger partial charge in [0.2, 0.25) is 11.8 Å². The largest absolute Gasteiger partial charge is 0.350 e. The van der Waals surface area contributed by atoms with E-state index in [-0.39, 0.29) is 30.3 Å². The van der Waals surface area contributed by atoms with Crippen molar-refractivity contribution in [3.05, 3.63) is 70.7 Å². The summed E-state index contributed by atoms with van der Waals surface area (Å²) in [4.78, 5) is 23.8. The second-order valence-electron chi connectivity index (χ2n) is 5.71. The van der Waals surface area contributed by atoms with E-state index in [1.807, 2.05) is 49.4 Å². The monoisotopic (exact) mass is 344 g/mol. The zero-order valence-electron chi connectivity index (χ0n) is 13.8. The molecule has 2 amide bonds. The first-order valence-electron chi connectivity index (χ1n) is 7.82. The quantitative estimate of drug-likeness (QED) is 0.837. The highest BCUT2D eigenvalue weighted by Crippen LogP contribution is 2.19. The van der Waals surface area contributed by atoms with Crippen molar-refractivity contribution < 1.29 is 9.59 Å². The third-order valence-corrected chi connectivity index (χ3v) is 3.97. The van der Waals surface area contributed by atoms with Crippen LogP contribution in [-0.2, 0) is 9.59 Å². The number of carbonyl (C=O) groups is 2. The molecule has 2 N–H and O–H groups in total. The van der Waals surface area contributed by atoms with E-state index >= 15 is 0 Å². The number of hydrogen-bond donors (Lipinski definition) is 2. The van der Waals surface area contributed by atoms with Gasteiger partial charge in [-0.3, -0.25) is 9.59 Å². The number of hydrogen-bond acceptors (Lipinski definition) is 2. The van der Waals surface area contributed by atoms with E-state index in [4.69, 9.17) is 11.6 Å². The number of carbonyl (C=O) groups excluding carboxylic acids is 2. The second kappa shape index (κ2) is 8.50. The van der Waals surface area contributed by atoms with Crippen LogP contribution in [0, 0.1) is 0 Å². The van der Waals surface area contributed by atoms with E-state index in [2.05, 4.69) is 10.6 Å². The molecule has 5 heteroatoms. The molecule has 0 heterocycles. The molecule has 0 aliphatic rings. The van der Waals surface area contributed by atoms with Gasteiger partial charge in [0, 0.05) is 11.9 Å². The van der Waals surface area contributed by atoms with Crippen LogP contribution in [0.4, 0.5) is 0 Å². The van der Waals surface area contributed by atoms with Crippen LogP contribution < -0.4 is 10.6 Å². The summed E-state index contributed by atoms with van der Waals surface area (Å²) in [6.07, 6.45) is 0.182. The van der Waals surface area contributed by atoms with Crippen molar-refractivity contribution in [3.8, 4) is 0 Å². The van der Waals surface area contributed by atoms with Crippen LogP contribution in [0.25, 0.3) is 0 Å². The Kier molecular flexibility index (Phi) is 6.38. The zero-order valence-corrected chi connectivity index (χ0v) is 14.5. The molecule has 0 radical (unpaired) electrons. The molecular weight excluding hydrogens is 324 g/mol. The normalized spacial score (nSPS) is 13.0. The van der Waals surface area contributed by atoms with Gasteiger partial charge in [-0.1, -0.05) is 54.1 Å². The first-order chi connectivity index (χ1) is 11.5. The maximum absolute atomic E-state index is 12.4. The SMILES string of the molecule is CC(=O)NC(CC(=O)NC(C)c1ccc(Cl)cc1)c1ccccc1. The summed E-state index contributed by atoms with van der Waals surface area (Å²) in [5, 5.41) is 6.45. The van der Waals surface area contributed by atoms with Crippen molar-refractivity contribution >= 4 is 23.4 Å².